The molecule has 0 spiro atoms. The number of amides is 2. The van der Waals surface area contributed by atoms with E-state index in [9.17, 15) is 14.4 Å². The molecule has 6 heteroatoms. The Morgan fingerprint density at radius 1 is 1.00 bits per heavy atom. The van der Waals surface area contributed by atoms with E-state index in [1.165, 1.54) is 0 Å². The predicted octanol–water partition coefficient (Wildman–Crippen LogP) is -0.0460. The van der Waals surface area contributed by atoms with Crippen LogP contribution in [0.15, 0.2) is 12.2 Å². The van der Waals surface area contributed by atoms with E-state index in [0.29, 0.717) is 26.2 Å². The average molecular weight is 254 g/mol. The van der Waals surface area contributed by atoms with Crippen molar-refractivity contribution in [2.75, 3.05) is 26.2 Å². The van der Waals surface area contributed by atoms with Gasteiger partial charge in [-0.1, -0.05) is 13.8 Å². The summed E-state index contributed by atoms with van der Waals surface area (Å²) in [5.74, 6) is -1.42. The van der Waals surface area contributed by atoms with E-state index in [1.807, 2.05) is 13.8 Å². The molecule has 1 aliphatic heterocycles. The Morgan fingerprint density at radius 2 is 1.50 bits per heavy atom. The number of rotatable bonds is 3. The van der Waals surface area contributed by atoms with Gasteiger partial charge in [0, 0.05) is 44.2 Å². The third-order valence-corrected chi connectivity index (χ3v) is 2.77. The van der Waals surface area contributed by atoms with E-state index >= 15 is 0 Å². The normalized spacial score (nSPS) is 16.4. The van der Waals surface area contributed by atoms with Gasteiger partial charge < -0.3 is 14.9 Å². The van der Waals surface area contributed by atoms with Crippen LogP contribution in [0.5, 0.6) is 0 Å². The fourth-order valence-corrected chi connectivity index (χ4v) is 1.76. The molecule has 0 aromatic rings. The van der Waals surface area contributed by atoms with Crippen molar-refractivity contribution in [3.05, 3.63) is 12.2 Å². The summed E-state index contributed by atoms with van der Waals surface area (Å²) in [5.41, 5.74) is 0. The molecule has 100 valence electrons. The maximum absolute atomic E-state index is 11.7. The molecule has 1 fully saturated rings. The van der Waals surface area contributed by atoms with Crippen molar-refractivity contribution in [3.8, 4) is 0 Å². The predicted molar refractivity (Wildman–Crippen MR) is 64.8 cm³/mol. The molecule has 0 unspecified atom stereocenters. The van der Waals surface area contributed by atoms with Crippen LogP contribution < -0.4 is 0 Å². The van der Waals surface area contributed by atoms with E-state index in [1.54, 1.807) is 9.80 Å². The number of piperazine rings is 1. The van der Waals surface area contributed by atoms with Crippen LogP contribution in [0.25, 0.3) is 0 Å². The lowest BCUT2D eigenvalue weighted by molar-refractivity contribution is -0.139. The first-order valence-electron chi connectivity index (χ1n) is 5.90. The molecule has 0 saturated carbocycles. The summed E-state index contributed by atoms with van der Waals surface area (Å²) in [6.45, 7) is 5.58. The van der Waals surface area contributed by atoms with Crippen LogP contribution >= 0.6 is 0 Å². The first kappa shape index (κ1) is 14.2. The number of carbonyl (C=O) groups is 3. The number of hydrogen-bond donors (Lipinski definition) is 1. The molecule has 0 aliphatic carbocycles. The number of aliphatic carboxylic acids is 1. The lowest BCUT2D eigenvalue weighted by Crippen LogP contribution is -2.51. The summed E-state index contributed by atoms with van der Waals surface area (Å²) < 4.78 is 0. The van der Waals surface area contributed by atoms with Crippen molar-refractivity contribution in [3.63, 3.8) is 0 Å². The van der Waals surface area contributed by atoms with Crippen molar-refractivity contribution in [2.45, 2.75) is 13.8 Å². The first-order chi connectivity index (χ1) is 8.41. The summed E-state index contributed by atoms with van der Waals surface area (Å²) in [5, 5.41) is 8.43. The second-order valence-corrected chi connectivity index (χ2v) is 4.48. The topological polar surface area (TPSA) is 77.9 Å². The van der Waals surface area contributed by atoms with Gasteiger partial charge in [-0.2, -0.15) is 0 Å². The monoisotopic (exact) mass is 254 g/mol. The number of carboxylic acid groups (broad SMARTS) is 1. The van der Waals surface area contributed by atoms with E-state index in [4.69, 9.17) is 5.11 Å². The maximum atomic E-state index is 11.7. The SMILES string of the molecule is CC(C)C(=O)N1CCN(C(=O)/C=C/C(=O)O)CC1. The number of nitrogens with zero attached hydrogens (tertiary/aromatic N) is 2. The van der Waals surface area contributed by atoms with Crippen molar-refractivity contribution >= 4 is 17.8 Å². The molecule has 1 saturated heterocycles. The molecule has 0 bridgehead atoms. The van der Waals surface area contributed by atoms with Crippen LogP contribution in [0, 0.1) is 5.92 Å². The second-order valence-electron chi connectivity index (χ2n) is 4.48. The number of carbonyl (C=O) groups excluding carboxylic acids is 2. The van der Waals surface area contributed by atoms with Crippen LogP contribution in [0.4, 0.5) is 0 Å². The molecule has 2 amide bonds. The van der Waals surface area contributed by atoms with E-state index in [2.05, 4.69) is 0 Å². The number of hydrogen-bond acceptors (Lipinski definition) is 3. The van der Waals surface area contributed by atoms with E-state index < -0.39 is 5.97 Å². The number of carboxylic acids is 1. The van der Waals surface area contributed by atoms with Crippen LogP contribution in [-0.2, 0) is 14.4 Å². The van der Waals surface area contributed by atoms with Gasteiger partial charge in [-0.05, 0) is 0 Å². The fourth-order valence-electron chi connectivity index (χ4n) is 1.76. The van der Waals surface area contributed by atoms with Gasteiger partial charge in [0.1, 0.15) is 0 Å². The molecule has 18 heavy (non-hydrogen) atoms. The Morgan fingerprint density at radius 3 is 1.94 bits per heavy atom. The minimum Gasteiger partial charge on any atom is -0.478 e. The molecule has 1 rings (SSSR count). The largest absolute Gasteiger partial charge is 0.478 e. The van der Waals surface area contributed by atoms with Gasteiger partial charge in [-0.15, -0.1) is 0 Å². The second kappa shape index (κ2) is 6.18. The molecule has 1 N–H and O–H groups in total. The Hall–Kier alpha value is -1.85. The Kier molecular flexibility index (Phi) is 4.88. The third kappa shape index (κ3) is 3.87. The maximum Gasteiger partial charge on any atom is 0.328 e. The van der Waals surface area contributed by atoms with Crippen molar-refractivity contribution < 1.29 is 19.5 Å². The molecule has 1 aliphatic rings. The van der Waals surface area contributed by atoms with Crippen LogP contribution in [0.3, 0.4) is 0 Å². The summed E-state index contributed by atoms with van der Waals surface area (Å²) >= 11 is 0. The summed E-state index contributed by atoms with van der Waals surface area (Å²) in [6, 6.07) is 0. The van der Waals surface area contributed by atoms with E-state index in [-0.39, 0.29) is 17.7 Å². The van der Waals surface area contributed by atoms with Crippen molar-refractivity contribution in [1.82, 2.24) is 9.80 Å². The van der Waals surface area contributed by atoms with Crippen molar-refractivity contribution in [1.29, 1.82) is 0 Å². The van der Waals surface area contributed by atoms with Gasteiger partial charge in [0.15, 0.2) is 0 Å². The van der Waals surface area contributed by atoms with Gasteiger partial charge in [0.05, 0.1) is 0 Å². The lowest BCUT2D eigenvalue weighted by Gasteiger charge is -2.35. The smallest absolute Gasteiger partial charge is 0.328 e. The molecule has 0 aromatic carbocycles. The van der Waals surface area contributed by atoms with Crippen LogP contribution in [-0.4, -0.2) is 58.9 Å². The zero-order valence-electron chi connectivity index (χ0n) is 10.6. The van der Waals surface area contributed by atoms with Gasteiger partial charge in [-0.3, -0.25) is 9.59 Å². The average Bonchev–Trinajstić information content (AvgIpc) is 2.35. The molecule has 1 heterocycles. The van der Waals surface area contributed by atoms with Crippen molar-refractivity contribution in [2.24, 2.45) is 5.92 Å². The third-order valence-electron chi connectivity index (χ3n) is 2.77. The van der Waals surface area contributed by atoms with Gasteiger partial charge in [-0.25, -0.2) is 4.79 Å². The Labute approximate surface area is 106 Å². The first-order valence-corrected chi connectivity index (χ1v) is 5.90. The summed E-state index contributed by atoms with van der Waals surface area (Å²) in [6.07, 6.45) is 1.87. The quantitative estimate of drug-likeness (QED) is 0.716. The Balaban J connectivity index is 2.46. The standard InChI is InChI=1S/C12H18N2O4/c1-9(2)12(18)14-7-5-13(6-8-14)10(15)3-4-11(16)17/h3-4,9H,5-8H2,1-2H3,(H,16,17)/b4-3+. The molecular weight excluding hydrogens is 236 g/mol. The molecule has 0 aromatic heterocycles. The molecule has 0 radical (unpaired) electrons. The minimum absolute atomic E-state index is 0.0424. The van der Waals surface area contributed by atoms with Gasteiger partial charge >= 0.3 is 5.97 Å². The van der Waals surface area contributed by atoms with Gasteiger partial charge in [0.2, 0.25) is 11.8 Å². The Bertz CT molecular complexity index is 368. The van der Waals surface area contributed by atoms with Crippen LogP contribution in [0.1, 0.15) is 13.8 Å². The minimum atomic E-state index is -1.14. The summed E-state index contributed by atoms with van der Waals surface area (Å²) in [4.78, 5) is 36.9. The molecular formula is C12H18N2O4. The molecule has 0 atom stereocenters. The highest BCUT2D eigenvalue weighted by molar-refractivity contribution is 5.94. The highest BCUT2D eigenvalue weighted by Gasteiger charge is 2.24. The fraction of sp³-hybridized carbons (Fsp3) is 0.583. The highest BCUT2D eigenvalue weighted by Crippen LogP contribution is 2.07. The van der Waals surface area contributed by atoms with E-state index in [0.717, 1.165) is 12.2 Å². The zero-order chi connectivity index (χ0) is 13.7. The zero-order valence-corrected chi connectivity index (χ0v) is 10.6. The lowest BCUT2D eigenvalue weighted by atomic mass is 10.1. The summed E-state index contributed by atoms with van der Waals surface area (Å²) in [7, 11) is 0. The van der Waals surface area contributed by atoms with Crippen LogP contribution in [0.2, 0.25) is 0 Å². The van der Waals surface area contributed by atoms with Gasteiger partial charge in [0.25, 0.3) is 0 Å². The molecule has 6 nitrogen and oxygen atoms in total. The highest BCUT2D eigenvalue weighted by atomic mass is 16.4.